The molecule has 3 nitrogen and oxygen atoms in total. The Morgan fingerprint density at radius 3 is 2.64 bits per heavy atom. The molecule has 0 aromatic carbocycles. The number of anilines is 1. The molecule has 1 aromatic heterocycles. The Morgan fingerprint density at radius 1 is 1.50 bits per heavy atom. The van der Waals surface area contributed by atoms with E-state index in [1.165, 1.54) is 12.8 Å². The first-order chi connectivity index (χ1) is 6.68. The molecule has 1 aliphatic rings. The number of nitrogens with zero attached hydrogens (tertiary/aromatic N) is 1. The van der Waals surface area contributed by atoms with Crippen LogP contribution in [0.5, 0.6) is 0 Å². The molecular formula is C10H15BrN2O. The van der Waals surface area contributed by atoms with Crippen LogP contribution in [0.1, 0.15) is 24.3 Å². The molecule has 1 aliphatic heterocycles. The molecule has 0 amide bonds. The standard InChI is InChI=1S/C10H15BrN2O/c1-13-4-2-7(3-5-13)9-8(12)6-14-10(9)11/h6-7H,2-5,12H2,1H3. The van der Waals surface area contributed by atoms with E-state index >= 15 is 0 Å². The van der Waals surface area contributed by atoms with Crippen LogP contribution in [-0.2, 0) is 0 Å². The van der Waals surface area contributed by atoms with Gasteiger partial charge in [-0.15, -0.1) is 0 Å². The van der Waals surface area contributed by atoms with Gasteiger partial charge >= 0.3 is 0 Å². The van der Waals surface area contributed by atoms with E-state index in [1.807, 2.05) is 0 Å². The normalized spacial score (nSPS) is 20.1. The van der Waals surface area contributed by atoms with Gasteiger partial charge in [-0.2, -0.15) is 0 Å². The van der Waals surface area contributed by atoms with Crippen molar-refractivity contribution < 1.29 is 4.42 Å². The molecule has 78 valence electrons. The smallest absolute Gasteiger partial charge is 0.174 e. The molecule has 0 aliphatic carbocycles. The molecular weight excluding hydrogens is 244 g/mol. The summed E-state index contributed by atoms with van der Waals surface area (Å²) in [5.74, 6) is 0.555. The van der Waals surface area contributed by atoms with Crippen LogP contribution in [-0.4, -0.2) is 25.0 Å². The minimum absolute atomic E-state index is 0.555. The number of piperidine rings is 1. The second-order valence-electron chi connectivity index (χ2n) is 3.96. The van der Waals surface area contributed by atoms with Gasteiger partial charge in [0.05, 0.1) is 5.69 Å². The first kappa shape index (κ1) is 10.1. The zero-order chi connectivity index (χ0) is 10.1. The Labute approximate surface area is 92.4 Å². The fourth-order valence-corrected chi connectivity index (χ4v) is 2.70. The third-order valence-electron chi connectivity index (χ3n) is 2.94. The summed E-state index contributed by atoms with van der Waals surface area (Å²) in [5, 5.41) is 0. The molecule has 2 rings (SSSR count). The molecule has 0 atom stereocenters. The summed E-state index contributed by atoms with van der Waals surface area (Å²) in [6.07, 6.45) is 3.95. The topological polar surface area (TPSA) is 42.4 Å². The number of nitrogens with two attached hydrogens (primary N) is 1. The number of halogens is 1. The first-order valence-corrected chi connectivity index (χ1v) is 5.68. The average Bonchev–Trinajstić information content (AvgIpc) is 2.49. The van der Waals surface area contributed by atoms with Crippen molar-refractivity contribution >= 4 is 21.6 Å². The van der Waals surface area contributed by atoms with E-state index in [2.05, 4.69) is 27.9 Å². The van der Waals surface area contributed by atoms with Gasteiger partial charge in [0.2, 0.25) is 0 Å². The summed E-state index contributed by atoms with van der Waals surface area (Å²) in [6, 6.07) is 0. The van der Waals surface area contributed by atoms with Crippen LogP contribution in [0.15, 0.2) is 15.3 Å². The summed E-state index contributed by atoms with van der Waals surface area (Å²) in [5.41, 5.74) is 7.82. The Morgan fingerprint density at radius 2 is 2.14 bits per heavy atom. The Kier molecular flexibility index (Phi) is 2.83. The first-order valence-electron chi connectivity index (χ1n) is 4.89. The van der Waals surface area contributed by atoms with Crippen molar-refractivity contribution in [2.75, 3.05) is 25.9 Å². The number of nitrogen functional groups attached to an aromatic ring is 1. The fourth-order valence-electron chi connectivity index (χ4n) is 2.05. The number of hydrogen-bond donors (Lipinski definition) is 1. The maximum absolute atomic E-state index is 5.87. The van der Waals surface area contributed by atoms with Crippen LogP contribution >= 0.6 is 15.9 Å². The molecule has 4 heteroatoms. The Balaban J connectivity index is 2.15. The maximum atomic E-state index is 5.87. The lowest BCUT2D eigenvalue weighted by Gasteiger charge is -2.28. The fraction of sp³-hybridized carbons (Fsp3) is 0.600. The van der Waals surface area contributed by atoms with Crippen LogP contribution in [0.3, 0.4) is 0 Å². The SMILES string of the molecule is CN1CCC(c2c(N)coc2Br)CC1. The van der Waals surface area contributed by atoms with Crippen LogP contribution in [0, 0.1) is 0 Å². The van der Waals surface area contributed by atoms with E-state index in [0.29, 0.717) is 5.92 Å². The highest BCUT2D eigenvalue weighted by molar-refractivity contribution is 9.10. The molecule has 14 heavy (non-hydrogen) atoms. The predicted octanol–water partition coefficient (Wildman–Crippen LogP) is 2.43. The summed E-state index contributed by atoms with van der Waals surface area (Å²) < 4.78 is 6.06. The number of rotatable bonds is 1. The molecule has 1 saturated heterocycles. The van der Waals surface area contributed by atoms with Gasteiger partial charge in [-0.05, 0) is 54.8 Å². The van der Waals surface area contributed by atoms with E-state index in [1.54, 1.807) is 6.26 Å². The van der Waals surface area contributed by atoms with E-state index in [0.717, 1.165) is 29.0 Å². The molecule has 0 saturated carbocycles. The van der Waals surface area contributed by atoms with E-state index in [9.17, 15) is 0 Å². The lowest BCUT2D eigenvalue weighted by atomic mass is 9.91. The van der Waals surface area contributed by atoms with Gasteiger partial charge in [-0.3, -0.25) is 0 Å². The third kappa shape index (κ3) is 1.81. The van der Waals surface area contributed by atoms with E-state index in [-0.39, 0.29) is 0 Å². The molecule has 1 fully saturated rings. The molecule has 0 bridgehead atoms. The van der Waals surface area contributed by atoms with Crippen molar-refractivity contribution in [2.45, 2.75) is 18.8 Å². The zero-order valence-electron chi connectivity index (χ0n) is 8.29. The summed E-state index contributed by atoms with van der Waals surface area (Å²) in [6.45, 7) is 2.28. The average molecular weight is 259 g/mol. The lowest BCUT2D eigenvalue weighted by Crippen LogP contribution is -2.29. The van der Waals surface area contributed by atoms with Gasteiger partial charge in [0, 0.05) is 5.56 Å². The second kappa shape index (κ2) is 3.95. The number of hydrogen-bond acceptors (Lipinski definition) is 3. The highest BCUT2D eigenvalue weighted by Gasteiger charge is 2.24. The van der Waals surface area contributed by atoms with Gasteiger partial charge < -0.3 is 15.1 Å². The summed E-state index contributed by atoms with van der Waals surface area (Å²) >= 11 is 3.41. The van der Waals surface area contributed by atoms with Gasteiger partial charge in [0.1, 0.15) is 6.26 Å². The number of likely N-dealkylation sites (tertiary alicyclic amines) is 1. The molecule has 0 radical (unpaired) electrons. The van der Waals surface area contributed by atoms with Crippen molar-refractivity contribution in [2.24, 2.45) is 0 Å². The van der Waals surface area contributed by atoms with Gasteiger partial charge in [0.15, 0.2) is 4.67 Å². The molecule has 2 heterocycles. The van der Waals surface area contributed by atoms with Crippen LogP contribution in [0.2, 0.25) is 0 Å². The minimum atomic E-state index is 0.555. The van der Waals surface area contributed by atoms with Crippen LogP contribution < -0.4 is 5.73 Å². The van der Waals surface area contributed by atoms with Crippen molar-refractivity contribution in [3.63, 3.8) is 0 Å². The van der Waals surface area contributed by atoms with Gasteiger partial charge in [0.25, 0.3) is 0 Å². The molecule has 0 unspecified atom stereocenters. The van der Waals surface area contributed by atoms with Crippen molar-refractivity contribution in [1.82, 2.24) is 4.90 Å². The Hall–Kier alpha value is -0.480. The quantitative estimate of drug-likeness (QED) is 0.842. The van der Waals surface area contributed by atoms with Crippen molar-refractivity contribution in [1.29, 1.82) is 0 Å². The highest BCUT2D eigenvalue weighted by atomic mass is 79.9. The van der Waals surface area contributed by atoms with Crippen molar-refractivity contribution in [3.8, 4) is 0 Å². The largest absolute Gasteiger partial charge is 0.455 e. The third-order valence-corrected chi connectivity index (χ3v) is 3.55. The highest BCUT2D eigenvalue weighted by Crippen LogP contribution is 2.37. The Bertz CT molecular complexity index is 296. The second-order valence-corrected chi connectivity index (χ2v) is 4.68. The molecule has 0 spiro atoms. The number of furan rings is 1. The van der Waals surface area contributed by atoms with E-state index < -0.39 is 0 Å². The minimum Gasteiger partial charge on any atom is -0.455 e. The summed E-state index contributed by atoms with van der Waals surface area (Å²) in [7, 11) is 2.16. The van der Waals surface area contributed by atoms with Gasteiger partial charge in [-0.1, -0.05) is 0 Å². The lowest BCUT2D eigenvalue weighted by molar-refractivity contribution is 0.254. The molecule has 2 N–H and O–H groups in total. The van der Waals surface area contributed by atoms with Crippen LogP contribution in [0.4, 0.5) is 5.69 Å². The van der Waals surface area contributed by atoms with Crippen molar-refractivity contribution in [3.05, 3.63) is 16.5 Å². The predicted molar refractivity (Wildman–Crippen MR) is 60.3 cm³/mol. The molecule has 1 aromatic rings. The summed E-state index contributed by atoms with van der Waals surface area (Å²) in [4.78, 5) is 2.35. The van der Waals surface area contributed by atoms with Gasteiger partial charge in [-0.25, -0.2) is 0 Å². The zero-order valence-corrected chi connectivity index (χ0v) is 9.88. The van der Waals surface area contributed by atoms with E-state index in [4.69, 9.17) is 10.2 Å². The maximum Gasteiger partial charge on any atom is 0.174 e. The van der Waals surface area contributed by atoms with Crippen LogP contribution in [0.25, 0.3) is 0 Å². The monoisotopic (exact) mass is 258 g/mol.